The summed E-state index contributed by atoms with van der Waals surface area (Å²) in [7, 11) is 1.69. The van der Waals surface area contributed by atoms with Crippen molar-refractivity contribution in [3.63, 3.8) is 0 Å². The lowest BCUT2D eigenvalue weighted by atomic mass is 10.1. The lowest BCUT2D eigenvalue weighted by molar-refractivity contribution is 0.00506. The van der Waals surface area contributed by atoms with E-state index in [4.69, 9.17) is 21.1 Å². The second kappa shape index (κ2) is 6.34. The topological polar surface area (TPSA) is 44.2 Å². The number of rotatable bonds is 6. The number of nitrogens with zero attached hydrogens (tertiary/aromatic N) is 2. The monoisotopic (exact) mass is 272 g/mol. The van der Waals surface area contributed by atoms with E-state index in [2.05, 4.69) is 9.97 Å². The minimum atomic E-state index is -0.197. The summed E-state index contributed by atoms with van der Waals surface area (Å²) in [6.45, 7) is 8.60. The highest BCUT2D eigenvalue weighted by Crippen LogP contribution is 2.19. The highest BCUT2D eigenvalue weighted by atomic mass is 35.5. The third-order valence-corrected chi connectivity index (χ3v) is 2.91. The second-order valence-electron chi connectivity index (χ2n) is 5.10. The van der Waals surface area contributed by atoms with Crippen LogP contribution in [0.4, 0.5) is 0 Å². The first kappa shape index (κ1) is 15.2. The van der Waals surface area contributed by atoms with Gasteiger partial charge in [-0.3, -0.25) is 0 Å². The molecule has 0 unspecified atom stereocenters. The molecule has 0 bridgehead atoms. The van der Waals surface area contributed by atoms with Crippen molar-refractivity contribution in [3.05, 3.63) is 17.0 Å². The van der Waals surface area contributed by atoms with Crippen molar-refractivity contribution < 1.29 is 9.47 Å². The molecule has 0 atom stereocenters. The molecule has 1 heterocycles. The summed E-state index contributed by atoms with van der Waals surface area (Å²) in [5.41, 5.74) is -0.197. The molecule has 0 radical (unpaired) electrons. The third kappa shape index (κ3) is 4.78. The molecule has 5 heteroatoms. The van der Waals surface area contributed by atoms with Crippen LogP contribution in [-0.2, 0) is 4.74 Å². The Morgan fingerprint density at radius 3 is 2.56 bits per heavy atom. The Hall–Kier alpha value is -0.870. The Labute approximate surface area is 114 Å². The van der Waals surface area contributed by atoms with Crippen LogP contribution in [0.15, 0.2) is 6.07 Å². The SMILES string of the molecule is COC(C)(C)CCOc1cc(Cl)nc(C(C)C)n1. The molecule has 0 fully saturated rings. The maximum atomic E-state index is 5.93. The van der Waals surface area contributed by atoms with Crippen molar-refractivity contribution >= 4 is 11.6 Å². The van der Waals surface area contributed by atoms with Gasteiger partial charge in [-0.2, -0.15) is 4.98 Å². The normalized spacial score (nSPS) is 11.9. The van der Waals surface area contributed by atoms with Gasteiger partial charge in [0.05, 0.1) is 12.2 Å². The number of hydrogen-bond acceptors (Lipinski definition) is 4. The zero-order chi connectivity index (χ0) is 13.8. The molecule has 0 saturated heterocycles. The van der Waals surface area contributed by atoms with E-state index in [9.17, 15) is 0 Å². The maximum Gasteiger partial charge on any atom is 0.218 e. The molecule has 1 aromatic heterocycles. The molecule has 0 spiro atoms. The minimum absolute atomic E-state index is 0.197. The Bertz CT molecular complexity index is 395. The Morgan fingerprint density at radius 2 is 2.00 bits per heavy atom. The van der Waals surface area contributed by atoms with Crippen molar-refractivity contribution in [1.29, 1.82) is 0 Å². The Balaban J connectivity index is 2.62. The summed E-state index contributed by atoms with van der Waals surface area (Å²) in [5.74, 6) is 1.44. The molecular weight excluding hydrogens is 252 g/mol. The van der Waals surface area contributed by atoms with Crippen LogP contribution < -0.4 is 4.74 Å². The Kier molecular flexibility index (Phi) is 5.35. The van der Waals surface area contributed by atoms with Crippen LogP contribution in [-0.4, -0.2) is 29.3 Å². The number of aromatic nitrogens is 2. The van der Waals surface area contributed by atoms with Crippen LogP contribution in [0, 0.1) is 0 Å². The van der Waals surface area contributed by atoms with Crippen LogP contribution in [0.5, 0.6) is 5.88 Å². The molecule has 1 rings (SSSR count). The van der Waals surface area contributed by atoms with E-state index >= 15 is 0 Å². The lowest BCUT2D eigenvalue weighted by Gasteiger charge is -2.22. The number of methoxy groups -OCH3 is 1. The fourth-order valence-corrected chi connectivity index (χ4v) is 1.43. The van der Waals surface area contributed by atoms with Gasteiger partial charge >= 0.3 is 0 Å². The van der Waals surface area contributed by atoms with E-state index in [0.29, 0.717) is 23.5 Å². The first-order valence-electron chi connectivity index (χ1n) is 6.06. The van der Waals surface area contributed by atoms with Crippen molar-refractivity contribution in [2.75, 3.05) is 13.7 Å². The van der Waals surface area contributed by atoms with E-state index in [0.717, 1.165) is 6.42 Å². The fourth-order valence-electron chi connectivity index (χ4n) is 1.25. The van der Waals surface area contributed by atoms with Gasteiger partial charge in [0.25, 0.3) is 0 Å². The molecule has 1 aromatic rings. The predicted octanol–water partition coefficient (Wildman–Crippen LogP) is 3.45. The summed E-state index contributed by atoms with van der Waals surface area (Å²) in [6, 6.07) is 1.63. The second-order valence-corrected chi connectivity index (χ2v) is 5.49. The average molecular weight is 273 g/mol. The number of hydrogen-bond donors (Lipinski definition) is 0. The van der Waals surface area contributed by atoms with Crippen LogP contribution in [0.1, 0.15) is 45.9 Å². The van der Waals surface area contributed by atoms with Gasteiger partial charge in [0.1, 0.15) is 11.0 Å². The first-order chi connectivity index (χ1) is 8.34. The largest absolute Gasteiger partial charge is 0.477 e. The smallest absolute Gasteiger partial charge is 0.218 e. The molecule has 18 heavy (non-hydrogen) atoms. The molecule has 0 aliphatic heterocycles. The Morgan fingerprint density at radius 1 is 1.33 bits per heavy atom. The van der Waals surface area contributed by atoms with Crippen molar-refractivity contribution in [2.24, 2.45) is 0 Å². The van der Waals surface area contributed by atoms with Gasteiger partial charge in [-0.15, -0.1) is 0 Å². The molecule has 0 aromatic carbocycles. The van der Waals surface area contributed by atoms with Gasteiger partial charge < -0.3 is 9.47 Å². The zero-order valence-corrected chi connectivity index (χ0v) is 12.4. The first-order valence-corrected chi connectivity index (χ1v) is 6.44. The standard InChI is InChI=1S/C13H21ClN2O2/c1-9(2)12-15-10(14)8-11(16-12)18-7-6-13(3,4)17-5/h8-9H,6-7H2,1-5H3. The van der Waals surface area contributed by atoms with E-state index in [1.165, 1.54) is 0 Å². The maximum absolute atomic E-state index is 5.93. The summed E-state index contributed by atoms with van der Waals surface area (Å²) in [6.07, 6.45) is 0.780. The molecular formula is C13H21ClN2O2. The minimum Gasteiger partial charge on any atom is -0.477 e. The van der Waals surface area contributed by atoms with Crippen molar-refractivity contribution in [1.82, 2.24) is 9.97 Å². The number of halogens is 1. The van der Waals surface area contributed by atoms with Crippen LogP contribution >= 0.6 is 11.6 Å². The molecule has 0 saturated carbocycles. The van der Waals surface area contributed by atoms with Gasteiger partial charge in [0, 0.05) is 25.5 Å². The van der Waals surface area contributed by atoms with Crippen LogP contribution in [0.25, 0.3) is 0 Å². The molecule has 102 valence electrons. The zero-order valence-electron chi connectivity index (χ0n) is 11.7. The summed E-state index contributed by atoms with van der Waals surface area (Å²) in [5, 5.41) is 0.412. The van der Waals surface area contributed by atoms with E-state index in [1.807, 2.05) is 27.7 Å². The highest BCUT2D eigenvalue weighted by Gasteiger charge is 2.16. The van der Waals surface area contributed by atoms with Crippen molar-refractivity contribution in [3.8, 4) is 5.88 Å². The van der Waals surface area contributed by atoms with E-state index < -0.39 is 0 Å². The fraction of sp³-hybridized carbons (Fsp3) is 0.692. The van der Waals surface area contributed by atoms with Gasteiger partial charge in [0.2, 0.25) is 5.88 Å². The predicted molar refractivity (Wildman–Crippen MR) is 72.3 cm³/mol. The van der Waals surface area contributed by atoms with E-state index in [-0.39, 0.29) is 11.5 Å². The summed E-state index contributed by atoms with van der Waals surface area (Å²) < 4.78 is 10.9. The van der Waals surface area contributed by atoms with Gasteiger partial charge in [-0.1, -0.05) is 25.4 Å². The van der Waals surface area contributed by atoms with E-state index in [1.54, 1.807) is 13.2 Å². The molecule has 0 N–H and O–H groups in total. The quantitative estimate of drug-likeness (QED) is 0.744. The molecule has 4 nitrogen and oxygen atoms in total. The lowest BCUT2D eigenvalue weighted by Crippen LogP contribution is -2.25. The van der Waals surface area contributed by atoms with Gasteiger partial charge in [0.15, 0.2) is 0 Å². The molecule has 0 aliphatic carbocycles. The van der Waals surface area contributed by atoms with Crippen molar-refractivity contribution in [2.45, 2.75) is 45.6 Å². The molecule has 0 aliphatic rings. The van der Waals surface area contributed by atoms with Gasteiger partial charge in [-0.05, 0) is 13.8 Å². The average Bonchev–Trinajstić information content (AvgIpc) is 2.28. The number of ether oxygens (including phenoxy) is 2. The van der Waals surface area contributed by atoms with Gasteiger partial charge in [-0.25, -0.2) is 4.98 Å². The summed E-state index contributed by atoms with van der Waals surface area (Å²) in [4.78, 5) is 8.48. The highest BCUT2D eigenvalue weighted by molar-refractivity contribution is 6.29. The third-order valence-electron chi connectivity index (χ3n) is 2.71. The van der Waals surface area contributed by atoms with Crippen LogP contribution in [0.3, 0.4) is 0 Å². The molecule has 0 amide bonds. The van der Waals surface area contributed by atoms with Crippen LogP contribution in [0.2, 0.25) is 5.15 Å². The summed E-state index contributed by atoms with van der Waals surface area (Å²) >= 11 is 5.93.